The van der Waals surface area contributed by atoms with Crippen LogP contribution in [0.5, 0.6) is 0 Å². The molecule has 0 aliphatic heterocycles. The van der Waals surface area contributed by atoms with Gasteiger partial charge in [-0.25, -0.2) is 9.78 Å². The maximum atomic E-state index is 12.4. The molecule has 34 heavy (non-hydrogen) atoms. The zero-order chi connectivity index (χ0) is 23.3. The number of amides is 2. The second-order valence-electron chi connectivity index (χ2n) is 7.72. The van der Waals surface area contributed by atoms with Crippen LogP contribution in [-0.2, 0) is 0 Å². The zero-order valence-corrected chi connectivity index (χ0v) is 18.3. The number of rotatable bonds is 6. The van der Waals surface area contributed by atoms with Gasteiger partial charge in [-0.15, -0.1) is 0 Å². The third-order valence-corrected chi connectivity index (χ3v) is 5.02. The van der Waals surface area contributed by atoms with E-state index in [2.05, 4.69) is 41.4 Å². The van der Waals surface area contributed by atoms with E-state index in [1.54, 1.807) is 18.5 Å². The van der Waals surface area contributed by atoms with Crippen molar-refractivity contribution in [2.45, 2.75) is 6.92 Å². The van der Waals surface area contributed by atoms with E-state index in [0.29, 0.717) is 17.5 Å². The number of carbonyl (C=O) groups is 1. The summed E-state index contributed by atoms with van der Waals surface area (Å²) in [7, 11) is 0. The highest BCUT2D eigenvalue weighted by Crippen LogP contribution is 2.22. The van der Waals surface area contributed by atoms with E-state index >= 15 is 0 Å². The lowest BCUT2D eigenvalue weighted by atomic mass is 10.2. The van der Waals surface area contributed by atoms with E-state index in [1.165, 1.54) is 0 Å². The van der Waals surface area contributed by atoms with Gasteiger partial charge in [0.05, 0.1) is 11.7 Å². The van der Waals surface area contributed by atoms with Gasteiger partial charge in [0.1, 0.15) is 5.82 Å². The number of aryl methyl sites for hydroxylation is 1. The quantitative estimate of drug-likeness (QED) is 0.223. The number of aromatic amines is 1. The first kappa shape index (κ1) is 21.0. The number of nitrogens with one attached hydrogen (secondary N) is 5. The summed E-state index contributed by atoms with van der Waals surface area (Å²) in [5.74, 6) is 1.07. The predicted octanol–water partition coefficient (Wildman–Crippen LogP) is 5.79. The molecule has 0 spiro atoms. The van der Waals surface area contributed by atoms with Crippen LogP contribution < -0.4 is 21.3 Å². The molecule has 0 saturated carbocycles. The molecule has 9 heteroatoms. The SMILES string of the molecule is Cc1cccc(NC(=O)Nc2cccc(Nc3nccc(Nc4ccc5cn[nH]c5c4)n3)c2)c1. The van der Waals surface area contributed by atoms with Gasteiger partial charge < -0.3 is 21.3 Å². The minimum atomic E-state index is -0.320. The molecule has 2 aromatic heterocycles. The van der Waals surface area contributed by atoms with Crippen molar-refractivity contribution in [2.24, 2.45) is 0 Å². The molecule has 5 aromatic rings. The van der Waals surface area contributed by atoms with Crippen LogP contribution in [0, 0.1) is 6.92 Å². The van der Waals surface area contributed by atoms with Gasteiger partial charge in [0, 0.05) is 34.3 Å². The third-order valence-electron chi connectivity index (χ3n) is 5.02. The second kappa shape index (κ2) is 9.29. The standard InChI is InChI=1S/C25H22N8O/c1-16-4-2-5-18(12-16)30-25(34)31-20-7-3-6-19(13-20)29-24-26-11-10-23(32-24)28-21-9-8-17-15-27-33-22(17)14-21/h2-15H,1H3,(H,27,33)(H2,30,31,34)(H2,26,28,29,32). The van der Waals surface area contributed by atoms with Crippen LogP contribution >= 0.6 is 0 Å². The Balaban J connectivity index is 1.24. The molecule has 168 valence electrons. The monoisotopic (exact) mass is 450 g/mol. The Morgan fingerprint density at radius 1 is 0.824 bits per heavy atom. The Bertz CT molecular complexity index is 1460. The van der Waals surface area contributed by atoms with Crippen molar-refractivity contribution >= 4 is 51.4 Å². The van der Waals surface area contributed by atoms with Gasteiger partial charge in [0.25, 0.3) is 0 Å². The molecule has 0 aliphatic rings. The summed E-state index contributed by atoms with van der Waals surface area (Å²) < 4.78 is 0. The van der Waals surface area contributed by atoms with Crippen molar-refractivity contribution in [3.8, 4) is 0 Å². The lowest BCUT2D eigenvalue weighted by Gasteiger charge is -2.11. The van der Waals surface area contributed by atoms with Crippen LogP contribution in [0.3, 0.4) is 0 Å². The van der Waals surface area contributed by atoms with Crippen molar-refractivity contribution in [3.05, 3.63) is 90.8 Å². The fraction of sp³-hybridized carbons (Fsp3) is 0.0400. The maximum Gasteiger partial charge on any atom is 0.323 e. The smallest absolute Gasteiger partial charge is 0.323 e. The molecule has 0 fully saturated rings. The number of nitrogens with zero attached hydrogens (tertiary/aromatic N) is 3. The number of hydrogen-bond donors (Lipinski definition) is 5. The van der Waals surface area contributed by atoms with Crippen LogP contribution in [0.25, 0.3) is 10.9 Å². The average Bonchev–Trinajstić information content (AvgIpc) is 3.27. The first-order chi connectivity index (χ1) is 16.6. The largest absolute Gasteiger partial charge is 0.340 e. The van der Waals surface area contributed by atoms with E-state index in [9.17, 15) is 4.79 Å². The summed E-state index contributed by atoms with van der Waals surface area (Å²) >= 11 is 0. The van der Waals surface area contributed by atoms with E-state index < -0.39 is 0 Å². The minimum Gasteiger partial charge on any atom is -0.340 e. The molecular formula is C25H22N8O. The number of anilines is 6. The lowest BCUT2D eigenvalue weighted by molar-refractivity contribution is 0.262. The Labute approximate surface area is 195 Å². The Hall–Kier alpha value is -4.92. The topological polar surface area (TPSA) is 120 Å². The van der Waals surface area contributed by atoms with E-state index in [1.807, 2.05) is 73.7 Å². The summed E-state index contributed by atoms with van der Waals surface area (Å²) in [4.78, 5) is 21.2. The van der Waals surface area contributed by atoms with Gasteiger partial charge in [0.15, 0.2) is 0 Å². The average molecular weight is 451 g/mol. The number of H-pyrrole nitrogens is 1. The fourth-order valence-corrected chi connectivity index (χ4v) is 3.47. The summed E-state index contributed by atoms with van der Waals surface area (Å²) in [6.45, 7) is 1.97. The highest BCUT2D eigenvalue weighted by atomic mass is 16.2. The predicted molar refractivity (Wildman–Crippen MR) is 135 cm³/mol. The molecule has 9 nitrogen and oxygen atoms in total. The molecule has 5 rings (SSSR count). The fourth-order valence-electron chi connectivity index (χ4n) is 3.47. The number of benzene rings is 3. The molecule has 0 aliphatic carbocycles. The van der Waals surface area contributed by atoms with Crippen LogP contribution in [0.1, 0.15) is 5.56 Å². The lowest BCUT2D eigenvalue weighted by Crippen LogP contribution is -2.19. The number of hydrogen-bond acceptors (Lipinski definition) is 6. The highest BCUT2D eigenvalue weighted by molar-refractivity contribution is 6.00. The number of fused-ring (bicyclic) bond motifs is 1. The molecule has 2 heterocycles. The first-order valence-electron chi connectivity index (χ1n) is 10.7. The molecule has 2 amide bonds. The van der Waals surface area contributed by atoms with Crippen LogP contribution in [-0.4, -0.2) is 26.2 Å². The van der Waals surface area contributed by atoms with Crippen molar-refractivity contribution in [2.75, 3.05) is 21.3 Å². The molecule has 3 aromatic carbocycles. The van der Waals surface area contributed by atoms with Crippen LogP contribution in [0.2, 0.25) is 0 Å². The zero-order valence-electron chi connectivity index (χ0n) is 18.3. The van der Waals surface area contributed by atoms with Crippen molar-refractivity contribution < 1.29 is 4.79 Å². The molecule has 0 unspecified atom stereocenters. The summed E-state index contributed by atoms with van der Waals surface area (Å²) in [5.41, 5.74) is 5.00. The van der Waals surface area contributed by atoms with Gasteiger partial charge in [0.2, 0.25) is 5.95 Å². The Morgan fingerprint density at radius 2 is 1.59 bits per heavy atom. The summed E-state index contributed by atoms with van der Waals surface area (Å²) in [6.07, 6.45) is 3.45. The molecule has 5 N–H and O–H groups in total. The molecular weight excluding hydrogens is 428 g/mol. The molecule has 0 radical (unpaired) electrons. The van der Waals surface area contributed by atoms with Crippen molar-refractivity contribution in [3.63, 3.8) is 0 Å². The van der Waals surface area contributed by atoms with Crippen molar-refractivity contribution in [1.29, 1.82) is 0 Å². The Kier molecular flexibility index (Phi) is 5.73. The molecule has 0 atom stereocenters. The van der Waals surface area contributed by atoms with Gasteiger partial charge in [-0.3, -0.25) is 5.10 Å². The third kappa shape index (κ3) is 5.10. The summed E-state index contributed by atoms with van der Waals surface area (Å²) in [6, 6.07) is 22.3. The van der Waals surface area contributed by atoms with E-state index in [-0.39, 0.29) is 6.03 Å². The Morgan fingerprint density at radius 3 is 2.44 bits per heavy atom. The minimum absolute atomic E-state index is 0.320. The molecule has 0 saturated heterocycles. The first-order valence-corrected chi connectivity index (χ1v) is 10.7. The van der Waals surface area contributed by atoms with Gasteiger partial charge >= 0.3 is 6.03 Å². The number of urea groups is 1. The van der Waals surface area contributed by atoms with Gasteiger partial charge in [-0.2, -0.15) is 10.1 Å². The van der Waals surface area contributed by atoms with Gasteiger partial charge in [-0.1, -0.05) is 18.2 Å². The van der Waals surface area contributed by atoms with E-state index in [4.69, 9.17) is 0 Å². The maximum absolute atomic E-state index is 12.4. The summed E-state index contributed by atoms with van der Waals surface area (Å²) in [5, 5.41) is 20.2. The second-order valence-corrected chi connectivity index (χ2v) is 7.72. The number of aromatic nitrogens is 4. The molecule has 0 bridgehead atoms. The number of carbonyl (C=O) groups excluding carboxylic acids is 1. The van der Waals surface area contributed by atoms with Crippen LogP contribution in [0.15, 0.2) is 85.2 Å². The van der Waals surface area contributed by atoms with Crippen molar-refractivity contribution in [1.82, 2.24) is 20.2 Å². The van der Waals surface area contributed by atoms with E-state index in [0.717, 1.165) is 33.5 Å². The normalized spacial score (nSPS) is 10.6. The van der Waals surface area contributed by atoms with Gasteiger partial charge in [-0.05, 0) is 67.1 Å². The highest BCUT2D eigenvalue weighted by Gasteiger charge is 2.06. The van der Waals surface area contributed by atoms with Crippen LogP contribution in [0.4, 0.5) is 39.3 Å².